The lowest BCUT2D eigenvalue weighted by atomic mass is 9.96. The SMILES string of the molecule is Clc1cnc2cc(-n3c4ccccc4c4c5ccccc5c5c(oc6ccc7ccccc7c65)c43)ccc2n1.Clc1nc2c(nc1-n1c3ccccc3c3c4ccccc4c4c(oc5ccc6ccccc6c54)c31)oc1ccccc12.N#Cc1cccc2c1oc1nc(Cl)c(-n3c4ccccc4c4c5ccccc5c5c6cc7ccccc7cc6sc5c43)nc12. The maximum Gasteiger partial charge on any atom is 0.248 e. The van der Waals surface area contributed by atoms with Crippen LogP contribution in [-0.2, 0) is 0 Å². The van der Waals surface area contributed by atoms with Crippen LogP contribution in [0.5, 0.6) is 0 Å². The van der Waals surface area contributed by atoms with Gasteiger partial charge < -0.3 is 22.2 Å². The second-order valence-corrected chi connectivity index (χ2v) is 33.8. The van der Waals surface area contributed by atoms with Crippen LogP contribution < -0.4 is 0 Å². The Morgan fingerprint density at radius 2 is 0.768 bits per heavy atom. The summed E-state index contributed by atoms with van der Waals surface area (Å²) in [5, 5.41) is 40.1. The van der Waals surface area contributed by atoms with E-state index in [1.54, 1.807) is 23.6 Å². The molecular formula is C107H53Cl3N10O4S. The monoisotopic (exact) mass is 1680 g/mol. The van der Waals surface area contributed by atoms with Crippen molar-refractivity contribution in [3.05, 3.63) is 343 Å². The molecule has 0 saturated carbocycles. The van der Waals surface area contributed by atoms with Crippen LogP contribution in [0.25, 0.3) is 267 Å². The third kappa shape index (κ3) is 9.95. The van der Waals surface area contributed by atoms with Crippen LogP contribution in [0.1, 0.15) is 5.56 Å². The number of para-hydroxylation sites is 5. The normalized spacial score (nSPS) is 12.3. The molecule has 11 aromatic heterocycles. The van der Waals surface area contributed by atoms with Gasteiger partial charge in [0, 0.05) is 80.4 Å². The van der Waals surface area contributed by atoms with Gasteiger partial charge in [0.15, 0.2) is 38.7 Å². The van der Waals surface area contributed by atoms with Gasteiger partial charge in [-0.15, -0.1) is 11.3 Å². The molecule has 0 aliphatic rings. The van der Waals surface area contributed by atoms with Crippen LogP contribution in [0.4, 0.5) is 0 Å². The third-order valence-electron chi connectivity index (χ3n) is 25.1. The number of nitriles is 1. The zero-order chi connectivity index (χ0) is 82.3. The first-order valence-electron chi connectivity index (χ1n) is 40.8. The average molecular weight is 1680 g/mol. The number of benzene rings is 18. The van der Waals surface area contributed by atoms with Crippen LogP contribution in [0.2, 0.25) is 15.5 Å². The van der Waals surface area contributed by atoms with Crippen molar-refractivity contribution in [3.63, 3.8) is 0 Å². The van der Waals surface area contributed by atoms with Gasteiger partial charge in [-0.3, -0.25) is 14.1 Å². The van der Waals surface area contributed by atoms with Gasteiger partial charge in [-0.25, -0.2) is 15.0 Å². The van der Waals surface area contributed by atoms with Gasteiger partial charge in [-0.05, 0) is 150 Å². The molecule has 29 rings (SSSR count). The molecule has 18 heteroatoms. The van der Waals surface area contributed by atoms with Gasteiger partial charge in [0.1, 0.15) is 39.0 Å². The van der Waals surface area contributed by atoms with Gasteiger partial charge in [-0.2, -0.15) is 15.2 Å². The number of aromatic nitrogens is 9. The van der Waals surface area contributed by atoms with Crippen molar-refractivity contribution in [1.29, 1.82) is 5.26 Å². The Labute approximate surface area is 722 Å². The quantitative estimate of drug-likeness (QED) is 0.165. The first-order valence-corrected chi connectivity index (χ1v) is 42.8. The zero-order valence-electron chi connectivity index (χ0n) is 65.2. The summed E-state index contributed by atoms with van der Waals surface area (Å²) in [4.78, 5) is 28.7. The molecule has 0 fully saturated rings. The van der Waals surface area contributed by atoms with Crippen LogP contribution in [0.3, 0.4) is 0 Å². The van der Waals surface area contributed by atoms with Crippen LogP contribution in [-0.4, -0.2) is 43.6 Å². The molecule has 125 heavy (non-hydrogen) atoms. The summed E-state index contributed by atoms with van der Waals surface area (Å²) >= 11 is 21.9. The lowest BCUT2D eigenvalue weighted by Gasteiger charge is -2.10. The Morgan fingerprint density at radius 3 is 1.38 bits per heavy atom. The predicted molar refractivity (Wildman–Crippen MR) is 513 cm³/mol. The van der Waals surface area contributed by atoms with E-state index in [1.165, 1.54) is 79.4 Å². The summed E-state index contributed by atoms with van der Waals surface area (Å²) in [5.41, 5.74) is 15.6. The van der Waals surface area contributed by atoms with E-state index in [0.717, 1.165) is 148 Å². The Bertz CT molecular complexity index is 9960. The summed E-state index contributed by atoms with van der Waals surface area (Å²) in [7, 11) is 0. The van der Waals surface area contributed by atoms with Crippen molar-refractivity contribution < 1.29 is 17.7 Å². The molecule has 0 atom stereocenters. The number of furan rings is 4. The topological polar surface area (TPSA) is 168 Å². The Hall–Kier alpha value is -15.8. The molecule has 18 aromatic carbocycles. The highest BCUT2D eigenvalue weighted by atomic mass is 35.5. The molecule has 0 unspecified atom stereocenters. The molecule has 14 nitrogen and oxygen atoms in total. The van der Waals surface area contributed by atoms with E-state index < -0.39 is 0 Å². The van der Waals surface area contributed by atoms with E-state index in [1.807, 2.05) is 54.6 Å². The number of hydrogen-bond acceptors (Lipinski definition) is 12. The van der Waals surface area contributed by atoms with Crippen molar-refractivity contribution in [3.8, 4) is 23.4 Å². The molecule has 29 aromatic rings. The van der Waals surface area contributed by atoms with Gasteiger partial charge in [0.2, 0.25) is 11.4 Å². The van der Waals surface area contributed by atoms with Crippen LogP contribution in [0.15, 0.2) is 339 Å². The maximum atomic E-state index is 9.69. The number of nitrogens with zero attached hydrogens (tertiary/aromatic N) is 10. The molecule has 0 amide bonds. The summed E-state index contributed by atoms with van der Waals surface area (Å²) in [6, 6.07) is 111. The van der Waals surface area contributed by atoms with E-state index >= 15 is 0 Å². The van der Waals surface area contributed by atoms with E-state index in [9.17, 15) is 5.26 Å². The predicted octanol–water partition coefficient (Wildman–Crippen LogP) is 30.6. The second-order valence-electron chi connectivity index (χ2n) is 31.6. The maximum absolute atomic E-state index is 9.69. The van der Waals surface area contributed by atoms with Crippen molar-refractivity contribution in [1.82, 2.24) is 43.6 Å². The minimum atomic E-state index is 0.228. The minimum absolute atomic E-state index is 0.228. The molecule has 0 bridgehead atoms. The third-order valence-corrected chi connectivity index (χ3v) is 27.0. The fraction of sp³-hybridized carbons (Fsp3) is 0. The highest BCUT2D eigenvalue weighted by Gasteiger charge is 2.31. The fourth-order valence-electron chi connectivity index (χ4n) is 20.0. The number of fused-ring (bicyclic) bond motifs is 42. The van der Waals surface area contributed by atoms with Gasteiger partial charge in [0.25, 0.3) is 0 Å². The summed E-state index contributed by atoms with van der Waals surface area (Å²) in [6.45, 7) is 0. The molecule has 0 aliphatic carbocycles. The Balaban J connectivity index is 0.0000000979. The number of thiophene rings is 1. The first kappa shape index (κ1) is 69.9. The summed E-state index contributed by atoms with van der Waals surface area (Å²) in [5.74, 6) is 1.02. The molecule has 0 N–H and O–H groups in total. The molecule has 11 heterocycles. The molecule has 0 aliphatic heterocycles. The van der Waals surface area contributed by atoms with E-state index in [-0.39, 0.29) is 5.15 Å². The molecule has 582 valence electrons. The first-order chi connectivity index (χ1) is 61.7. The highest BCUT2D eigenvalue weighted by Crippen LogP contribution is 2.53. The van der Waals surface area contributed by atoms with Gasteiger partial charge >= 0.3 is 0 Å². The van der Waals surface area contributed by atoms with Crippen molar-refractivity contribution in [2.75, 3.05) is 0 Å². The molecule has 0 saturated heterocycles. The highest BCUT2D eigenvalue weighted by molar-refractivity contribution is 7.27. The van der Waals surface area contributed by atoms with Crippen LogP contribution in [0, 0.1) is 11.3 Å². The van der Waals surface area contributed by atoms with Gasteiger partial charge in [-0.1, -0.05) is 265 Å². The van der Waals surface area contributed by atoms with Crippen molar-refractivity contribution in [2.24, 2.45) is 0 Å². The summed E-state index contributed by atoms with van der Waals surface area (Å²) in [6.07, 6.45) is 1.59. The fourth-order valence-corrected chi connectivity index (χ4v) is 21.8. The van der Waals surface area contributed by atoms with E-state index in [0.29, 0.717) is 55.5 Å². The Morgan fingerprint density at radius 1 is 0.304 bits per heavy atom. The number of rotatable bonds is 3. The van der Waals surface area contributed by atoms with Crippen molar-refractivity contribution >= 4 is 296 Å². The minimum Gasteiger partial charge on any atom is -0.454 e. The van der Waals surface area contributed by atoms with E-state index in [2.05, 4.69) is 290 Å². The number of hydrogen-bond donors (Lipinski definition) is 0. The molecule has 0 spiro atoms. The largest absolute Gasteiger partial charge is 0.454 e. The lowest BCUT2D eigenvalue weighted by Crippen LogP contribution is -2.00. The average Bonchev–Trinajstić information content (AvgIpc) is 1.54. The number of halogens is 3. The van der Waals surface area contributed by atoms with Crippen LogP contribution >= 0.6 is 46.1 Å². The zero-order valence-corrected chi connectivity index (χ0v) is 68.3. The van der Waals surface area contributed by atoms with Gasteiger partial charge in [0.05, 0.1) is 66.0 Å². The summed E-state index contributed by atoms with van der Waals surface area (Å²) < 4.78 is 34.8. The second kappa shape index (κ2) is 26.4. The molecule has 0 radical (unpaired) electrons. The lowest BCUT2D eigenvalue weighted by molar-refractivity contribution is 0.651. The van der Waals surface area contributed by atoms with Crippen molar-refractivity contribution in [2.45, 2.75) is 0 Å². The Kier molecular flexibility index (Phi) is 14.7. The van der Waals surface area contributed by atoms with E-state index in [4.69, 9.17) is 67.4 Å². The standard InChI is InChI=1S/C37H17ClN4OS.C36H18ClN3O2.C34H18ClN3O/c38-35-36(40-31-25-14-7-10-21(18-39)33(25)43-37(31)41-35)42-27-15-6-5-13-24(27)29-22-11-3-4-12-23(22)30-26-16-19-8-1-2-9-20(19)17-28(26)44-34(30)32(29)42;37-34-35(39-36-31(38-34)24-14-6-8-16-26(24)42-36)40-25-15-7-5-13-23(25)28-21-11-3-4-12-22(21)30-29-20-10-2-1-9-19(20)17-18-27(29)41-33(30)32(28)40;35-29-18-36-26-17-20(14-15-25(26)37-29)38-27-12-6-5-11-24(27)30-22-9-3-4-10-23(22)32-31-21-8-2-1-7-19(21)13-16-28(31)39-34(32)33(30)38/h1-17H;1-18H;1-18H. The molecular weight excluding hydrogens is 1630 g/mol. The smallest absolute Gasteiger partial charge is 0.248 e.